The van der Waals surface area contributed by atoms with Crippen LogP contribution in [-0.2, 0) is 12.8 Å². The number of hydrogen-bond acceptors (Lipinski definition) is 4. The Hall–Kier alpha value is -3.34. The van der Waals surface area contributed by atoms with Crippen LogP contribution >= 0.6 is 0 Å². The number of fused-ring (bicyclic) bond motifs is 1. The van der Waals surface area contributed by atoms with E-state index in [1.165, 1.54) is 32.1 Å². The Kier molecular flexibility index (Phi) is 6.51. The fourth-order valence-corrected chi connectivity index (χ4v) is 3.92. The summed E-state index contributed by atoms with van der Waals surface area (Å²) in [5.41, 5.74) is 16.8. The summed E-state index contributed by atoms with van der Waals surface area (Å²) in [5.74, 6) is 0.286. The van der Waals surface area contributed by atoms with Gasteiger partial charge in [0.15, 0.2) is 0 Å². The Morgan fingerprint density at radius 1 is 0.935 bits per heavy atom. The van der Waals surface area contributed by atoms with E-state index in [-0.39, 0.29) is 0 Å². The summed E-state index contributed by atoms with van der Waals surface area (Å²) >= 11 is 0. The average molecular weight is 416 g/mol. The highest BCUT2D eigenvalue weighted by Gasteiger charge is 2.19. The van der Waals surface area contributed by atoms with Crippen LogP contribution in [-0.4, -0.2) is 17.0 Å². The van der Waals surface area contributed by atoms with Crippen LogP contribution in [0.5, 0.6) is 5.75 Å². The number of rotatable bonds is 4. The summed E-state index contributed by atoms with van der Waals surface area (Å²) in [4.78, 5) is 15.5. The van der Waals surface area contributed by atoms with Gasteiger partial charge in [-0.2, -0.15) is 0 Å². The summed E-state index contributed by atoms with van der Waals surface area (Å²) < 4.78 is 5.87. The van der Waals surface area contributed by atoms with Crippen LogP contribution in [0.3, 0.4) is 0 Å². The van der Waals surface area contributed by atoms with E-state index >= 15 is 0 Å². The predicted molar refractivity (Wildman–Crippen MR) is 124 cm³/mol. The lowest BCUT2D eigenvalue weighted by molar-refractivity contribution is 0.1000. The molecule has 2 aliphatic carbocycles. The number of aryl methyl sites for hydroxylation is 2. The third-order valence-corrected chi connectivity index (χ3v) is 5.96. The smallest absolute Gasteiger partial charge is 0.248 e. The first-order valence-electron chi connectivity index (χ1n) is 11.0. The quantitative estimate of drug-likeness (QED) is 0.591. The summed E-state index contributed by atoms with van der Waals surface area (Å²) in [6, 6.07) is 17.5. The lowest BCUT2D eigenvalue weighted by atomic mass is 9.92. The number of anilines is 1. The maximum atomic E-state index is 11.3. The molecule has 0 aliphatic heterocycles. The van der Waals surface area contributed by atoms with Crippen molar-refractivity contribution in [2.24, 2.45) is 5.73 Å². The zero-order valence-electron chi connectivity index (χ0n) is 17.7. The van der Waals surface area contributed by atoms with Crippen molar-refractivity contribution in [3.63, 3.8) is 0 Å². The van der Waals surface area contributed by atoms with E-state index in [0.717, 1.165) is 24.2 Å². The number of amides is 1. The van der Waals surface area contributed by atoms with Crippen LogP contribution in [0.4, 0.5) is 5.69 Å². The first kappa shape index (κ1) is 20.9. The molecular formula is C26H29N3O2. The number of nitrogens with two attached hydrogens (primary N) is 2. The normalized spacial score (nSPS) is 15.1. The second-order valence-electron chi connectivity index (χ2n) is 8.19. The Balaban J connectivity index is 0.000000192. The number of aromatic nitrogens is 1. The maximum Gasteiger partial charge on any atom is 0.248 e. The van der Waals surface area contributed by atoms with E-state index in [2.05, 4.69) is 29.2 Å². The molecule has 0 radical (unpaired) electrons. The Labute approximate surface area is 183 Å². The Morgan fingerprint density at radius 3 is 2.26 bits per heavy atom. The Bertz CT molecular complexity index is 1040. The first-order chi connectivity index (χ1) is 15.1. The first-order valence-corrected chi connectivity index (χ1v) is 11.0. The number of carbonyl (C=O) groups is 1. The largest absolute Gasteiger partial charge is 0.490 e. The number of nitrogens with zero attached hydrogens (tertiary/aromatic N) is 1. The van der Waals surface area contributed by atoms with Gasteiger partial charge in [0, 0.05) is 23.0 Å². The molecule has 1 fully saturated rings. The van der Waals surface area contributed by atoms with Crippen LogP contribution in [0.1, 0.15) is 53.6 Å². The van der Waals surface area contributed by atoms with Crippen molar-refractivity contribution in [1.82, 2.24) is 4.98 Å². The third kappa shape index (κ3) is 5.23. The minimum atomic E-state index is -0.487. The van der Waals surface area contributed by atoms with Gasteiger partial charge in [-0.15, -0.1) is 0 Å². The molecule has 0 atom stereocenters. The second kappa shape index (κ2) is 9.65. The van der Waals surface area contributed by atoms with E-state index in [1.54, 1.807) is 35.5 Å². The summed E-state index contributed by atoms with van der Waals surface area (Å²) in [7, 11) is 0. The average Bonchev–Trinajstić information content (AvgIpc) is 2.78. The number of hydrogen-bond donors (Lipinski definition) is 2. The van der Waals surface area contributed by atoms with Crippen molar-refractivity contribution in [1.29, 1.82) is 0 Å². The molecule has 1 amide bonds. The van der Waals surface area contributed by atoms with Crippen molar-refractivity contribution in [2.45, 2.75) is 51.0 Å². The fourth-order valence-electron chi connectivity index (χ4n) is 3.92. The third-order valence-electron chi connectivity index (χ3n) is 5.96. The van der Waals surface area contributed by atoms with Crippen LogP contribution in [0.15, 0.2) is 60.8 Å². The van der Waals surface area contributed by atoms with Crippen LogP contribution in [0.2, 0.25) is 0 Å². The number of primary amides is 1. The topological polar surface area (TPSA) is 91.2 Å². The maximum absolute atomic E-state index is 11.3. The van der Waals surface area contributed by atoms with Crippen molar-refractivity contribution in [3.8, 4) is 17.0 Å². The molecule has 3 aromatic rings. The molecule has 4 N–H and O–H groups in total. The van der Waals surface area contributed by atoms with Crippen molar-refractivity contribution in [2.75, 3.05) is 5.73 Å². The van der Waals surface area contributed by atoms with Gasteiger partial charge in [-0.05, 0) is 86.4 Å². The van der Waals surface area contributed by atoms with Crippen molar-refractivity contribution >= 4 is 11.6 Å². The summed E-state index contributed by atoms with van der Waals surface area (Å²) in [5, 5.41) is 0. The standard InChI is InChI=1S/C16H17N3O2.C10H12/c17-14-5-4-12(21-11-2-1-3-11)9-13(14)15-8-10(16(18)20)6-7-19-15;1-2-6-10-8-4-3-7-9(10)5-1/h4-9,11H,1-3,17H2,(H2,18,20);1-2,5-6H,3-4,7-8H2. The van der Waals surface area contributed by atoms with Gasteiger partial charge in [0.05, 0.1) is 11.8 Å². The molecule has 0 bridgehead atoms. The zero-order chi connectivity index (χ0) is 21.6. The minimum Gasteiger partial charge on any atom is -0.490 e. The predicted octanol–water partition coefficient (Wildman–Crippen LogP) is 4.93. The molecule has 0 saturated heterocycles. The SMILES string of the molecule is NC(=O)c1ccnc(-c2cc(OC3CCC3)ccc2N)c1.c1ccc2c(c1)CCCC2. The fraction of sp³-hybridized carbons (Fsp3) is 0.308. The van der Waals surface area contributed by atoms with Gasteiger partial charge >= 0.3 is 0 Å². The number of pyridine rings is 1. The van der Waals surface area contributed by atoms with E-state index in [4.69, 9.17) is 16.2 Å². The van der Waals surface area contributed by atoms with Crippen LogP contribution in [0, 0.1) is 0 Å². The van der Waals surface area contributed by atoms with E-state index in [1.807, 2.05) is 12.1 Å². The molecule has 5 nitrogen and oxygen atoms in total. The number of carbonyl (C=O) groups excluding carboxylic acids is 1. The minimum absolute atomic E-state index is 0.298. The van der Waals surface area contributed by atoms with Crippen molar-refractivity contribution in [3.05, 3.63) is 77.5 Å². The number of nitrogen functional groups attached to an aromatic ring is 1. The molecule has 1 aromatic heterocycles. The van der Waals surface area contributed by atoms with Gasteiger partial charge in [-0.3, -0.25) is 9.78 Å². The summed E-state index contributed by atoms with van der Waals surface area (Å²) in [6.45, 7) is 0. The van der Waals surface area contributed by atoms with E-state index < -0.39 is 5.91 Å². The van der Waals surface area contributed by atoms with Gasteiger partial charge < -0.3 is 16.2 Å². The van der Waals surface area contributed by atoms with Crippen molar-refractivity contribution < 1.29 is 9.53 Å². The second-order valence-corrected chi connectivity index (χ2v) is 8.19. The monoisotopic (exact) mass is 415 g/mol. The molecule has 1 saturated carbocycles. The highest BCUT2D eigenvalue weighted by molar-refractivity contribution is 5.94. The highest BCUT2D eigenvalue weighted by atomic mass is 16.5. The number of benzene rings is 2. The molecule has 5 rings (SSSR count). The molecule has 1 heterocycles. The Morgan fingerprint density at radius 2 is 1.65 bits per heavy atom. The lowest BCUT2D eigenvalue weighted by Crippen LogP contribution is -2.24. The van der Waals surface area contributed by atoms with E-state index in [9.17, 15) is 4.79 Å². The van der Waals surface area contributed by atoms with Gasteiger partial charge in [0.25, 0.3) is 0 Å². The van der Waals surface area contributed by atoms with E-state index in [0.29, 0.717) is 23.0 Å². The molecule has 5 heteroatoms. The lowest BCUT2D eigenvalue weighted by Gasteiger charge is -2.26. The van der Waals surface area contributed by atoms with Gasteiger partial charge in [0.2, 0.25) is 5.91 Å². The highest BCUT2D eigenvalue weighted by Crippen LogP contribution is 2.32. The molecule has 2 aliphatic rings. The number of ether oxygens (including phenoxy) is 1. The molecule has 0 spiro atoms. The molecular weight excluding hydrogens is 386 g/mol. The molecule has 0 unspecified atom stereocenters. The summed E-state index contributed by atoms with van der Waals surface area (Å²) in [6.07, 6.45) is 10.6. The van der Waals surface area contributed by atoms with Gasteiger partial charge in [-0.1, -0.05) is 24.3 Å². The van der Waals surface area contributed by atoms with Crippen LogP contribution in [0.25, 0.3) is 11.3 Å². The zero-order valence-corrected chi connectivity index (χ0v) is 17.7. The molecule has 2 aromatic carbocycles. The van der Waals surface area contributed by atoms with Crippen LogP contribution < -0.4 is 16.2 Å². The van der Waals surface area contributed by atoms with Gasteiger partial charge in [-0.25, -0.2) is 0 Å². The van der Waals surface area contributed by atoms with Gasteiger partial charge in [0.1, 0.15) is 5.75 Å². The molecule has 160 valence electrons. The molecule has 31 heavy (non-hydrogen) atoms.